The fraction of sp³-hybridized carbons (Fsp3) is 0.714. The molecule has 0 radical (unpaired) electrons. The summed E-state index contributed by atoms with van der Waals surface area (Å²) in [5, 5.41) is 0. The Kier molecular flexibility index (Phi) is 4.24. The lowest BCUT2D eigenvalue weighted by atomic mass is 9.99. The van der Waals surface area contributed by atoms with Crippen molar-refractivity contribution in [3.63, 3.8) is 0 Å². The zero-order chi connectivity index (χ0) is 13.9. The highest BCUT2D eigenvalue weighted by molar-refractivity contribution is 5.32. The number of nitrogens with zero attached hydrogens (tertiary/aromatic N) is 4. The zero-order valence-electron chi connectivity index (χ0n) is 12.4. The summed E-state index contributed by atoms with van der Waals surface area (Å²) in [5.41, 5.74) is 0.138. The van der Waals surface area contributed by atoms with Crippen LogP contribution in [0.25, 0.3) is 0 Å². The van der Waals surface area contributed by atoms with Gasteiger partial charge in [0.2, 0.25) is 11.8 Å². The molecule has 0 aromatic carbocycles. The number of ether oxygens (including phenoxy) is 1. The van der Waals surface area contributed by atoms with Crippen molar-refractivity contribution in [2.75, 3.05) is 44.7 Å². The molecule has 1 fully saturated rings. The van der Waals surface area contributed by atoms with Crippen molar-refractivity contribution in [2.45, 2.75) is 20.8 Å². The van der Waals surface area contributed by atoms with Crippen LogP contribution in [-0.4, -0.2) is 54.7 Å². The van der Waals surface area contributed by atoms with Crippen LogP contribution in [0.2, 0.25) is 0 Å². The minimum Gasteiger partial charge on any atom is -0.477 e. The third-order valence-corrected chi connectivity index (χ3v) is 3.06. The van der Waals surface area contributed by atoms with Gasteiger partial charge in [0.15, 0.2) is 0 Å². The van der Waals surface area contributed by atoms with Crippen LogP contribution >= 0.6 is 0 Å². The van der Waals surface area contributed by atoms with Crippen LogP contribution in [0.5, 0.6) is 5.88 Å². The number of hydrogen-bond acceptors (Lipinski definition) is 5. The van der Waals surface area contributed by atoms with Gasteiger partial charge in [0.25, 0.3) is 0 Å². The van der Waals surface area contributed by atoms with Gasteiger partial charge in [0.1, 0.15) is 0 Å². The van der Waals surface area contributed by atoms with Crippen LogP contribution in [0.3, 0.4) is 0 Å². The van der Waals surface area contributed by atoms with Crippen molar-refractivity contribution in [1.82, 2.24) is 14.9 Å². The highest BCUT2D eigenvalue weighted by Gasteiger charge is 2.17. The van der Waals surface area contributed by atoms with Gasteiger partial charge in [0.05, 0.1) is 6.61 Å². The molecular weight excluding hydrogens is 240 g/mol. The number of piperazine rings is 1. The van der Waals surface area contributed by atoms with E-state index in [1.54, 1.807) is 6.20 Å². The zero-order valence-corrected chi connectivity index (χ0v) is 12.4. The lowest BCUT2D eigenvalue weighted by Gasteiger charge is -2.32. The first kappa shape index (κ1) is 14.1. The number of anilines is 1. The third-order valence-electron chi connectivity index (χ3n) is 3.06. The summed E-state index contributed by atoms with van der Waals surface area (Å²) in [5.74, 6) is 1.44. The van der Waals surface area contributed by atoms with Crippen LogP contribution in [0, 0.1) is 5.41 Å². The van der Waals surface area contributed by atoms with Crippen molar-refractivity contribution in [3.05, 3.63) is 12.3 Å². The molecule has 106 valence electrons. The van der Waals surface area contributed by atoms with E-state index in [-0.39, 0.29) is 5.41 Å². The van der Waals surface area contributed by atoms with Crippen molar-refractivity contribution in [3.8, 4) is 5.88 Å². The summed E-state index contributed by atoms with van der Waals surface area (Å²) in [7, 11) is 2.14. The quantitative estimate of drug-likeness (QED) is 0.830. The third kappa shape index (κ3) is 4.35. The van der Waals surface area contributed by atoms with E-state index in [0.29, 0.717) is 12.5 Å². The lowest BCUT2D eigenvalue weighted by molar-refractivity contribution is 0.191. The molecule has 0 amide bonds. The van der Waals surface area contributed by atoms with Gasteiger partial charge in [-0.15, -0.1) is 0 Å². The molecule has 2 heterocycles. The fourth-order valence-electron chi connectivity index (χ4n) is 1.86. The fourth-order valence-corrected chi connectivity index (χ4v) is 1.86. The Balaban J connectivity index is 1.99. The number of aromatic nitrogens is 2. The first-order valence-corrected chi connectivity index (χ1v) is 6.83. The van der Waals surface area contributed by atoms with Gasteiger partial charge in [-0.05, 0) is 12.5 Å². The Labute approximate surface area is 115 Å². The average Bonchev–Trinajstić information content (AvgIpc) is 2.37. The minimum atomic E-state index is 0.138. The molecule has 0 unspecified atom stereocenters. The maximum absolute atomic E-state index is 5.73. The molecule has 1 aromatic rings. The predicted molar refractivity (Wildman–Crippen MR) is 76.7 cm³/mol. The summed E-state index contributed by atoms with van der Waals surface area (Å²) in [6.07, 6.45) is 1.78. The first-order chi connectivity index (χ1) is 8.94. The molecule has 0 spiro atoms. The van der Waals surface area contributed by atoms with E-state index in [9.17, 15) is 0 Å². The standard InChI is InChI=1S/C14H24N4O/c1-14(2,3)11-19-12-5-6-15-13(16-12)18-9-7-17(4)8-10-18/h5-6H,7-11H2,1-4H3. The van der Waals surface area contributed by atoms with Gasteiger partial charge in [-0.25, -0.2) is 4.98 Å². The molecule has 0 bridgehead atoms. The molecule has 1 aromatic heterocycles. The molecule has 0 saturated carbocycles. The van der Waals surface area contributed by atoms with Crippen LogP contribution in [0.1, 0.15) is 20.8 Å². The van der Waals surface area contributed by atoms with E-state index < -0.39 is 0 Å². The molecule has 0 aliphatic carbocycles. The average molecular weight is 264 g/mol. The lowest BCUT2D eigenvalue weighted by Crippen LogP contribution is -2.45. The van der Waals surface area contributed by atoms with E-state index in [4.69, 9.17) is 4.74 Å². The highest BCUT2D eigenvalue weighted by Crippen LogP contribution is 2.18. The Morgan fingerprint density at radius 1 is 1.21 bits per heavy atom. The molecule has 1 aliphatic rings. The van der Waals surface area contributed by atoms with Gasteiger partial charge in [-0.1, -0.05) is 20.8 Å². The Bertz CT molecular complexity index is 408. The monoisotopic (exact) mass is 264 g/mol. The molecular formula is C14H24N4O. The number of rotatable bonds is 3. The normalized spacial score (nSPS) is 17.6. The molecule has 1 saturated heterocycles. The van der Waals surface area contributed by atoms with E-state index in [2.05, 4.69) is 47.6 Å². The Morgan fingerprint density at radius 2 is 1.89 bits per heavy atom. The number of likely N-dealkylation sites (N-methyl/N-ethyl adjacent to an activating group) is 1. The second kappa shape index (κ2) is 5.74. The summed E-state index contributed by atoms with van der Waals surface area (Å²) < 4.78 is 5.73. The van der Waals surface area contributed by atoms with E-state index in [0.717, 1.165) is 32.1 Å². The van der Waals surface area contributed by atoms with Gasteiger partial charge >= 0.3 is 0 Å². The molecule has 0 N–H and O–H groups in total. The maximum Gasteiger partial charge on any atom is 0.228 e. The van der Waals surface area contributed by atoms with Crippen LogP contribution in [-0.2, 0) is 0 Å². The molecule has 0 atom stereocenters. The van der Waals surface area contributed by atoms with Crippen molar-refractivity contribution >= 4 is 5.95 Å². The molecule has 5 nitrogen and oxygen atoms in total. The predicted octanol–water partition coefficient (Wildman–Crippen LogP) is 1.65. The van der Waals surface area contributed by atoms with E-state index in [1.807, 2.05) is 6.07 Å². The van der Waals surface area contributed by atoms with Gasteiger partial charge in [0, 0.05) is 38.4 Å². The van der Waals surface area contributed by atoms with E-state index >= 15 is 0 Å². The molecule has 2 rings (SSSR count). The summed E-state index contributed by atoms with van der Waals surface area (Å²) in [4.78, 5) is 13.4. The highest BCUT2D eigenvalue weighted by atomic mass is 16.5. The van der Waals surface area contributed by atoms with E-state index in [1.165, 1.54) is 0 Å². The molecule has 19 heavy (non-hydrogen) atoms. The van der Waals surface area contributed by atoms with Crippen molar-refractivity contribution in [1.29, 1.82) is 0 Å². The van der Waals surface area contributed by atoms with Crippen LogP contribution < -0.4 is 9.64 Å². The Hall–Kier alpha value is -1.36. The van der Waals surface area contributed by atoms with Crippen molar-refractivity contribution in [2.24, 2.45) is 5.41 Å². The largest absolute Gasteiger partial charge is 0.477 e. The summed E-state index contributed by atoms with van der Waals surface area (Å²) in [6, 6.07) is 1.82. The smallest absolute Gasteiger partial charge is 0.228 e. The minimum absolute atomic E-state index is 0.138. The van der Waals surface area contributed by atoms with Crippen LogP contribution in [0.15, 0.2) is 12.3 Å². The summed E-state index contributed by atoms with van der Waals surface area (Å²) in [6.45, 7) is 11.2. The van der Waals surface area contributed by atoms with Gasteiger partial charge in [-0.3, -0.25) is 0 Å². The second-order valence-corrected chi connectivity index (χ2v) is 6.33. The van der Waals surface area contributed by atoms with Crippen LogP contribution in [0.4, 0.5) is 5.95 Å². The maximum atomic E-state index is 5.73. The molecule has 5 heteroatoms. The SMILES string of the molecule is CN1CCN(c2nccc(OCC(C)(C)C)n2)CC1. The number of hydrogen-bond donors (Lipinski definition) is 0. The topological polar surface area (TPSA) is 41.5 Å². The van der Waals surface area contributed by atoms with Gasteiger partial charge in [-0.2, -0.15) is 4.98 Å². The second-order valence-electron chi connectivity index (χ2n) is 6.33. The van der Waals surface area contributed by atoms with Gasteiger partial charge < -0.3 is 14.5 Å². The van der Waals surface area contributed by atoms with Crippen molar-refractivity contribution < 1.29 is 4.74 Å². The Morgan fingerprint density at radius 3 is 2.53 bits per heavy atom. The first-order valence-electron chi connectivity index (χ1n) is 6.83. The molecule has 1 aliphatic heterocycles. The summed E-state index contributed by atoms with van der Waals surface area (Å²) >= 11 is 0.